The summed E-state index contributed by atoms with van der Waals surface area (Å²) in [7, 11) is -1.01. The number of hydrogen-bond donors (Lipinski definition) is 1. The Labute approximate surface area is 234 Å². The molecule has 0 saturated heterocycles. The maximum absolute atomic E-state index is 14.6. The number of hydrogen-bond acceptors (Lipinski definition) is 5. The number of methoxy groups -OCH3 is 1. The van der Waals surface area contributed by atoms with Crippen molar-refractivity contribution >= 4 is 32.5 Å². The van der Waals surface area contributed by atoms with E-state index in [4.69, 9.17) is 25.9 Å². The number of ether oxygens (including phenoxy) is 1. The Morgan fingerprint density at radius 2 is 1.51 bits per heavy atom. The topological polar surface area (TPSA) is 83.9 Å². The van der Waals surface area contributed by atoms with Crippen LogP contribution in [0.4, 0.5) is 8.78 Å². The van der Waals surface area contributed by atoms with Crippen LogP contribution in [-0.4, -0.2) is 43.2 Å². The number of para-hydroxylation sites is 1. The van der Waals surface area contributed by atoms with Crippen molar-refractivity contribution < 1.29 is 32.6 Å². The van der Waals surface area contributed by atoms with Crippen molar-refractivity contribution in [2.45, 2.75) is 44.2 Å². The molecule has 1 N–H and O–H groups in total. The Hall–Kier alpha value is -2.90. The van der Waals surface area contributed by atoms with Crippen molar-refractivity contribution in [1.82, 2.24) is 4.90 Å². The van der Waals surface area contributed by atoms with E-state index in [2.05, 4.69) is 0 Å². The van der Waals surface area contributed by atoms with Gasteiger partial charge in [-0.25, -0.2) is 0 Å². The molecule has 1 saturated carbocycles. The lowest BCUT2D eigenvalue weighted by Gasteiger charge is -2.24. The molecule has 39 heavy (non-hydrogen) atoms. The van der Waals surface area contributed by atoms with Gasteiger partial charge in [0.25, 0.3) is 7.37 Å². The Morgan fingerprint density at radius 1 is 0.974 bits per heavy atom. The van der Waals surface area contributed by atoms with Crippen molar-refractivity contribution in [3.63, 3.8) is 0 Å². The van der Waals surface area contributed by atoms with E-state index >= 15 is 0 Å². The van der Waals surface area contributed by atoms with Gasteiger partial charge in [0.2, 0.25) is 0 Å². The average Bonchev–Trinajstić information content (AvgIpc) is 3.78. The lowest BCUT2D eigenvalue weighted by atomic mass is 10.1. The zero-order valence-corrected chi connectivity index (χ0v) is 24.0. The van der Waals surface area contributed by atoms with E-state index < -0.39 is 24.3 Å². The summed E-state index contributed by atoms with van der Waals surface area (Å²) >= 11 is 6.06. The molecule has 0 bridgehead atoms. The molecule has 212 valence electrons. The quantitative estimate of drug-likeness (QED) is 0.286. The number of benzene rings is 3. The number of alkyl halides is 2. The minimum atomic E-state index is -4.62. The predicted octanol–water partition coefficient (Wildman–Crippen LogP) is 7.09. The summed E-state index contributed by atoms with van der Waals surface area (Å²) in [5.74, 6) is 0.956. The van der Waals surface area contributed by atoms with Gasteiger partial charge in [-0.1, -0.05) is 72.3 Å². The van der Waals surface area contributed by atoms with Gasteiger partial charge in [0.05, 0.1) is 12.1 Å². The largest absolute Gasteiger partial charge is 0.496 e. The fourth-order valence-corrected chi connectivity index (χ4v) is 6.01. The first-order chi connectivity index (χ1) is 18.6. The van der Waals surface area contributed by atoms with Crippen LogP contribution in [0.3, 0.4) is 0 Å². The summed E-state index contributed by atoms with van der Waals surface area (Å²) in [6.07, 6.45) is 0.729. The fraction of sp³-hybridized carbons (Fsp3) is 0.310. The summed E-state index contributed by atoms with van der Waals surface area (Å²) in [5, 5.41) is -0.171. The van der Waals surface area contributed by atoms with E-state index in [1.54, 1.807) is 13.2 Å². The van der Waals surface area contributed by atoms with E-state index in [1.165, 1.54) is 17.7 Å². The van der Waals surface area contributed by atoms with Gasteiger partial charge in [-0.3, -0.25) is 9.46 Å². The SMILES string of the molecule is C=O.C=O.CN(Cc1ccccc1)Cc1ccc(C(F)(F)P(=O)(O)C2CC2)c(Cl)c1.COc1ccccc1C. The highest BCUT2D eigenvalue weighted by Gasteiger charge is 2.59. The molecule has 1 unspecified atom stereocenters. The highest BCUT2D eigenvalue weighted by Crippen LogP contribution is 2.71. The Bertz CT molecular complexity index is 1210. The molecule has 3 aromatic carbocycles. The minimum Gasteiger partial charge on any atom is -0.496 e. The fourth-order valence-electron chi connectivity index (χ4n) is 3.78. The second-order valence-corrected chi connectivity index (χ2v) is 11.8. The van der Waals surface area contributed by atoms with Gasteiger partial charge in [-0.05, 0) is 55.6 Å². The van der Waals surface area contributed by atoms with E-state index in [0.717, 1.165) is 16.9 Å². The first kappa shape index (κ1) is 34.1. The van der Waals surface area contributed by atoms with E-state index in [1.807, 2.05) is 87.0 Å². The van der Waals surface area contributed by atoms with Crippen LogP contribution < -0.4 is 4.74 Å². The molecular weight excluding hydrogens is 547 g/mol. The van der Waals surface area contributed by atoms with Crippen molar-refractivity contribution in [1.29, 1.82) is 0 Å². The van der Waals surface area contributed by atoms with Crippen molar-refractivity contribution in [2.75, 3.05) is 14.2 Å². The molecule has 1 fully saturated rings. The molecule has 0 heterocycles. The van der Waals surface area contributed by atoms with Crippen LogP contribution in [0.15, 0.2) is 72.8 Å². The highest BCUT2D eigenvalue weighted by molar-refractivity contribution is 7.60. The molecule has 0 aromatic heterocycles. The number of nitrogens with zero attached hydrogens (tertiary/aromatic N) is 1. The summed E-state index contributed by atoms with van der Waals surface area (Å²) in [6.45, 7) is 7.27. The molecule has 1 aliphatic rings. The van der Waals surface area contributed by atoms with Crippen LogP contribution in [0.2, 0.25) is 5.02 Å². The number of halogens is 3. The molecule has 1 aliphatic carbocycles. The van der Waals surface area contributed by atoms with E-state index in [0.29, 0.717) is 25.9 Å². The summed E-state index contributed by atoms with van der Waals surface area (Å²) in [6, 6.07) is 22.0. The van der Waals surface area contributed by atoms with Crippen LogP contribution in [0.5, 0.6) is 5.75 Å². The van der Waals surface area contributed by atoms with Gasteiger partial charge < -0.3 is 19.2 Å². The van der Waals surface area contributed by atoms with Crippen molar-refractivity contribution in [3.8, 4) is 5.75 Å². The molecular formula is C29H35ClF2NO5P. The van der Waals surface area contributed by atoms with E-state index in [-0.39, 0.29) is 5.02 Å². The maximum Gasteiger partial charge on any atom is 0.348 e. The van der Waals surface area contributed by atoms with Gasteiger partial charge >= 0.3 is 5.66 Å². The highest BCUT2D eigenvalue weighted by atomic mass is 35.5. The first-order valence-corrected chi connectivity index (χ1v) is 14.1. The molecule has 0 aliphatic heterocycles. The minimum absolute atomic E-state index is 0.171. The Balaban J connectivity index is 0.000000489. The lowest BCUT2D eigenvalue weighted by Crippen LogP contribution is -2.19. The van der Waals surface area contributed by atoms with Crippen LogP contribution >= 0.6 is 19.0 Å². The van der Waals surface area contributed by atoms with Gasteiger partial charge in [0, 0.05) is 24.3 Å². The van der Waals surface area contributed by atoms with Crippen LogP contribution in [0, 0.1) is 6.92 Å². The normalized spacial score (nSPS) is 13.8. The van der Waals surface area contributed by atoms with Gasteiger partial charge in [-0.2, -0.15) is 8.78 Å². The lowest BCUT2D eigenvalue weighted by molar-refractivity contribution is -0.0987. The predicted molar refractivity (Wildman–Crippen MR) is 152 cm³/mol. The average molecular weight is 582 g/mol. The third kappa shape index (κ3) is 9.66. The van der Waals surface area contributed by atoms with Crippen molar-refractivity contribution in [3.05, 3.63) is 100 Å². The monoisotopic (exact) mass is 581 g/mol. The zero-order chi connectivity index (χ0) is 29.6. The second kappa shape index (κ2) is 16.3. The number of carbonyl (C=O) groups is 2. The standard InChI is InChI=1S/C19H21ClF2NO2P.C8H10O.2CH2O/c1-23(12-14-5-3-2-4-6-14)13-15-7-10-17(18(20)11-15)19(21,22)26(24,25)16-8-9-16;1-7-5-3-4-6-8(7)9-2;2*1-2/h2-7,10-11,16H,8-9,12-13H2,1H3,(H,24,25);3-6H,1-2H3;2*1H2. The number of rotatable bonds is 8. The molecule has 1 atom stereocenters. The molecule has 0 spiro atoms. The van der Waals surface area contributed by atoms with E-state index in [9.17, 15) is 18.2 Å². The molecule has 0 amide bonds. The first-order valence-electron chi connectivity index (χ1n) is 12.0. The van der Waals surface area contributed by atoms with Gasteiger partial charge in [0.1, 0.15) is 19.3 Å². The molecule has 10 heteroatoms. The Morgan fingerprint density at radius 3 is 2.00 bits per heavy atom. The maximum atomic E-state index is 14.6. The number of carbonyl (C=O) groups excluding carboxylic acids is 2. The van der Waals surface area contributed by atoms with Crippen LogP contribution in [0.1, 0.15) is 35.1 Å². The second-order valence-electron chi connectivity index (χ2n) is 8.84. The number of aryl methyl sites for hydroxylation is 1. The summed E-state index contributed by atoms with van der Waals surface area (Å²) in [4.78, 5) is 27.9. The molecule has 6 nitrogen and oxygen atoms in total. The van der Waals surface area contributed by atoms with Crippen LogP contribution in [0.25, 0.3) is 0 Å². The molecule has 4 rings (SSSR count). The third-order valence-electron chi connectivity index (χ3n) is 5.86. The Kier molecular flexibility index (Phi) is 14.2. The van der Waals surface area contributed by atoms with Crippen molar-refractivity contribution in [2.24, 2.45) is 0 Å². The smallest absolute Gasteiger partial charge is 0.348 e. The van der Waals surface area contributed by atoms with Crippen LogP contribution in [-0.2, 0) is 32.9 Å². The molecule has 3 aromatic rings. The summed E-state index contributed by atoms with van der Waals surface area (Å²) < 4.78 is 46.3. The third-order valence-corrected chi connectivity index (χ3v) is 8.73. The zero-order valence-electron chi connectivity index (χ0n) is 22.4. The summed E-state index contributed by atoms with van der Waals surface area (Å²) in [5.41, 5.74) is -2.10. The molecule has 0 radical (unpaired) electrons. The van der Waals surface area contributed by atoms with Gasteiger partial charge in [-0.15, -0.1) is 0 Å². The van der Waals surface area contributed by atoms with Gasteiger partial charge in [0.15, 0.2) is 0 Å².